The van der Waals surface area contributed by atoms with Gasteiger partial charge in [-0.2, -0.15) is 0 Å². The van der Waals surface area contributed by atoms with Crippen molar-refractivity contribution in [3.63, 3.8) is 0 Å². The average Bonchev–Trinajstić information content (AvgIpc) is 2.98. The number of Topliss-reactive ketones (excluding diaryl/α,β-unsaturated/α-hetero) is 1. The highest BCUT2D eigenvalue weighted by atomic mass is 127. The molecule has 0 bridgehead atoms. The van der Waals surface area contributed by atoms with Crippen LogP contribution in [0.15, 0.2) is 18.2 Å². The van der Waals surface area contributed by atoms with Gasteiger partial charge in [-0.25, -0.2) is 0 Å². The van der Waals surface area contributed by atoms with Crippen molar-refractivity contribution in [1.82, 2.24) is 0 Å². The fourth-order valence-electron chi connectivity index (χ4n) is 5.09. The van der Waals surface area contributed by atoms with Crippen molar-refractivity contribution in [3.8, 4) is 5.75 Å². The second kappa shape index (κ2) is 10.5. The molecule has 0 spiro atoms. The molecule has 0 radical (unpaired) electrons. The molecule has 1 saturated carbocycles. The van der Waals surface area contributed by atoms with Crippen molar-refractivity contribution in [1.29, 1.82) is 0 Å². The Kier molecular flexibility index (Phi) is 8.41. The summed E-state index contributed by atoms with van der Waals surface area (Å²) in [7, 11) is 1.75. The Morgan fingerprint density at radius 1 is 1.22 bits per heavy atom. The zero-order valence-electron chi connectivity index (χ0n) is 16.5. The number of rotatable bonds is 10. The zero-order valence-corrected chi connectivity index (χ0v) is 19.7. The second-order valence-corrected chi connectivity index (χ2v) is 9.81. The lowest BCUT2D eigenvalue weighted by Crippen LogP contribution is -2.27. The van der Waals surface area contributed by atoms with Crippen LogP contribution in [0.4, 0.5) is 0 Å². The van der Waals surface area contributed by atoms with Crippen molar-refractivity contribution < 1.29 is 14.1 Å². The van der Waals surface area contributed by atoms with E-state index in [1.807, 2.05) is 0 Å². The minimum atomic E-state index is 0.226. The molecule has 5 unspecified atom stereocenters. The largest absolute Gasteiger partial charge is 0.496 e. The summed E-state index contributed by atoms with van der Waals surface area (Å²) in [6.07, 6.45) is 10.0. The van der Waals surface area contributed by atoms with Crippen LogP contribution in [0.3, 0.4) is 0 Å². The number of benzene rings is 1. The Bertz CT molecular complexity index is 636. The van der Waals surface area contributed by atoms with Gasteiger partial charge in [0.2, 0.25) is 0 Å². The van der Waals surface area contributed by atoms with Gasteiger partial charge in [-0.05, 0) is 83.2 Å². The molecule has 1 aromatic rings. The number of ether oxygens (including phenoxy) is 1. The molecule has 1 aromatic carbocycles. The van der Waals surface area contributed by atoms with Gasteiger partial charge in [-0.15, -0.1) is 0 Å². The van der Waals surface area contributed by atoms with Gasteiger partial charge in [0.05, 0.1) is 19.7 Å². The van der Waals surface area contributed by atoms with E-state index in [-0.39, 0.29) is 5.92 Å². The van der Waals surface area contributed by atoms with Crippen LogP contribution in [0.25, 0.3) is 0 Å². The molecule has 5 atom stereocenters. The van der Waals surface area contributed by atoms with Crippen molar-refractivity contribution in [2.24, 2.45) is 17.8 Å². The number of fused-ring (bicyclic) bond motifs is 2. The molecule has 150 valence electrons. The normalized spacial score (nSPS) is 25.6. The second-order valence-electron chi connectivity index (χ2n) is 8.10. The Balaban J connectivity index is 1.64. The quantitative estimate of drug-likeness (QED) is 0.214. The number of hydrogen-bond donors (Lipinski definition) is 0. The fourth-order valence-corrected chi connectivity index (χ4v) is 6.53. The third-order valence-corrected chi connectivity index (χ3v) is 7.70. The van der Waals surface area contributed by atoms with Gasteiger partial charge in [0, 0.05) is 12.3 Å². The van der Waals surface area contributed by atoms with Gasteiger partial charge >= 0.3 is 0 Å². The Hall–Kier alpha value is -0.190. The van der Waals surface area contributed by atoms with E-state index < -0.39 is 0 Å². The molecule has 5 heteroatoms. The number of methoxy groups -OCH3 is 1. The lowest BCUT2D eigenvalue weighted by molar-refractivity contribution is -0.121. The molecule has 1 fully saturated rings. The summed E-state index contributed by atoms with van der Waals surface area (Å²) in [5.74, 6) is 2.71. The van der Waals surface area contributed by atoms with Gasteiger partial charge in [-0.3, -0.25) is 4.79 Å². The Labute approximate surface area is 178 Å². The number of carbonyl (C=O) groups excluding carboxylic acids is 1. The van der Waals surface area contributed by atoms with Crippen LogP contribution >= 0.6 is 28.5 Å². The first kappa shape index (κ1) is 21.5. The highest BCUT2D eigenvalue weighted by molar-refractivity contribution is 14.2. The molecule has 2 aliphatic carbocycles. The van der Waals surface area contributed by atoms with Gasteiger partial charge in [0.15, 0.2) is 0 Å². The lowest BCUT2D eigenvalue weighted by Gasteiger charge is -2.31. The van der Waals surface area contributed by atoms with E-state index in [0.29, 0.717) is 30.2 Å². The molecule has 3 rings (SSSR count). The van der Waals surface area contributed by atoms with Crippen LogP contribution in [-0.2, 0) is 22.2 Å². The van der Waals surface area contributed by atoms with E-state index in [2.05, 4.69) is 47.2 Å². The molecule has 0 aliphatic heterocycles. The van der Waals surface area contributed by atoms with Crippen LogP contribution in [0.2, 0.25) is 0 Å². The summed E-state index contributed by atoms with van der Waals surface area (Å²) in [5, 5.41) is 0. The van der Waals surface area contributed by atoms with Gasteiger partial charge in [0.1, 0.15) is 11.5 Å². The molecule has 3 nitrogen and oxygen atoms in total. The highest BCUT2D eigenvalue weighted by Crippen LogP contribution is 2.47. The standard InChI is InChI=1S/C22H32IO3P/c1-3-4-5-8-17(26-27-23)10-11-18-19-12-15-7-6-9-22(25-2)20(15)13-16(19)14-21(18)24/h6-7,9,16-19,27H,3-5,8,10-14H2,1-2H3. The van der Waals surface area contributed by atoms with Crippen molar-refractivity contribution in [3.05, 3.63) is 29.3 Å². The molecule has 27 heavy (non-hydrogen) atoms. The Morgan fingerprint density at radius 3 is 2.81 bits per heavy atom. The summed E-state index contributed by atoms with van der Waals surface area (Å²) in [5.41, 5.74) is 2.72. The first-order valence-corrected chi connectivity index (χ1v) is 14.4. The summed E-state index contributed by atoms with van der Waals surface area (Å²) >= 11 is 2.32. The molecular formula is C22H32IO3P. The van der Waals surface area contributed by atoms with E-state index in [1.165, 1.54) is 30.4 Å². The predicted molar refractivity (Wildman–Crippen MR) is 121 cm³/mol. The minimum absolute atomic E-state index is 0.226. The molecular weight excluding hydrogens is 470 g/mol. The summed E-state index contributed by atoms with van der Waals surface area (Å²) in [6, 6.07) is 6.36. The third kappa shape index (κ3) is 5.25. The number of halogens is 1. The van der Waals surface area contributed by atoms with Gasteiger partial charge in [0.25, 0.3) is 0 Å². The monoisotopic (exact) mass is 502 g/mol. The van der Waals surface area contributed by atoms with Crippen molar-refractivity contribution >= 4 is 34.3 Å². The van der Waals surface area contributed by atoms with Crippen LogP contribution < -0.4 is 4.74 Å². The SMILES string of the molecule is CCCCCC(CCC1C(=O)CC2Cc3c(cccc3OC)CC21)OPI. The maximum atomic E-state index is 12.8. The summed E-state index contributed by atoms with van der Waals surface area (Å²) < 4.78 is 11.6. The minimum Gasteiger partial charge on any atom is -0.496 e. The molecule has 0 aromatic heterocycles. The Morgan fingerprint density at radius 2 is 2.07 bits per heavy atom. The first-order valence-electron chi connectivity index (χ1n) is 10.4. The summed E-state index contributed by atoms with van der Waals surface area (Å²) in [6.45, 7) is 2.75. The maximum Gasteiger partial charge on any atom is 0.136 e. The third-order valence-electron chi connectivity index (χ3n) is 6.51. The van der Waals surface area contributed by atoms with E-state index in [1.54, 1.807) is 7.11 Å². The van der Waals surface area contributed by atoms with Crippen LogP contribution in [0.1, 0.15) is 63.0 Å². The van der Waals surface area contributed by atoms with Crippen LogP contribution in [0, 0.1) is 17.8 Å². The molecule has 0 saturated heterocycles. The number of hydrogen-bond acceptors (Lipinski definition) is 3. The van der Waals surface area contributed by atoms with Crippen LogP contribution in [0.5, 0.6) is 5.75 Å². The smallest absolute Gasteiger partial charge is 0.136 e. The van der Waals surface area contributed by atoms with Crippen molar-refractivity contribution in [2.75, 3.05) is 7.11 Å². The zero-order chi connectivity index (χ0) is 19.2. The number of ketones is 1. The molecule has 0 amide bonds. The molecule has 2 aliphatic rings. The number of unbranched alkanes of at least 4 members (excludes halogenated alkanes) is 2. The highest BCUT2D eigenvalue weighted by Gasteiger charge is 2.44. The predicted octanol–water partition coefficient (Wildman–Crippen LogP) is 6.30. The van der Waals surface area contributed by atoms with E-state index >= 15 is 0 Å². The van der Waals surface area contributed by atoms with Crippen LogP contribution in [-0.4, -0.2) is 19.0 Å². The number of carbonyl (C=O) groups is 1. The molecule has 0 heterocycles. The summed E-state index contributed by atoms with van der Waals surface area (Å²) in [4.78, 5) is 12.8. The molecule has 0 N–H and O–H groups in total. The van der Waals surface area contributed by atoms with Gasteiger partial charge < -0.3 is 9.26 Å². The van der Waals surface area contributed by atoms with E-state index in [0.717, 1.165) is 44.3 Å². The topological polar surface area (TPSA) is 35.5 Å². The van der Waals surface area contributed by atoms with E-state index in [4.69, 9.17) is 9.26 Å². The maximum absolute atomic E-state index is 12.8. The average molecular weight is 502 g/mol. The lowest BCUT2D eigenvalue weighted by atomic mass is 9.73. The van der Waals surface area contributed by atoms with E-state index in [9.17, 15) is 4.79 Å². The first-order chi connectivity index (χ1) is 13.2. The van der Waals surface area contributed by atoms with Crippen molar-refractivity contribution in [2.45, 2.75) is 70.8 Å². The van der Waals surface area contributed by atoms with Gasteiger partial charge in [-0.1, -0.05) is 38.3 Å². The fraction of sp³-hybridized carbons (Fsp3) is 0.682.